The molecule has 0 bridgehead atoms. The van der Waals surface area contributed by atoms with Gasteiger partial charge >= 0.3 is 0 Å². The molecule has 7 heteroatoms. The van der Waals surface area contributed by atoms with Gasteiger partial charge in [0.15, 0.2) is 5.82 Å². The Morgan fingerprint density at radius 3 is 2.44 bits per heavy atom. The average molecular weight is 435 g/mol. The third-order valence-electron chi connectivity index (χ3n) is 6.00. The van der Waals surface area contributed by atoms with E-state index in [4.69, 9.17) is 4.74 Å². The number of para-hydroxylation sites is 2. The molecule has 0 saturated carbocycles. The molecule has 0 radical (unpaired) electrons. The Hall–Kier alpha value is -3.35. The van der Waals surface area contributed by atoms with Crippen LogP contribution in [-0.4, -0.2) is 53.6 Å². The van der Waals surface area contributed by atoms with Gasteiger partial charge in [0.05, 0.1) is 18.1 Å². The minimum Gasteiger partial charge on any atom is -0.497 e. The van der Waals surface area contributed by atoms with Crippen molar-refractivity contribution in [3.8, 4) is 5.75 Å². The molecule has 0 atom stereocenters. The summed E-state index contributed by atoms with van der Waals surface area (Å²) >= 11 is 0. The number of methoxy groups -OCH3 is 1. The van der Waals surface area contributed by atoms with Crippen molar-refractivity contribution in [2.24, 2.45) is 0 Å². The summed E-state index contributed by atoms with van der Waals surface area (Å²) in [6.07, 6.45) is 2.06. The van der Waals surface area contributed by atoms with Crippen molar-refractivity contribution < 1.29 is 9.53 Å². The molecule has 2 aromatic carbocycles. The number of hydrogen-bond donors (Lipinski definition) is 0. The molecule has 0 spiro atoms. The minimum atomic E-state index is -0.0511. The Labute approximate surface area is 188 Å². The first-order chi connectivity index (χ1) is 15.6. The summed E-state index contributed by atoms with van der Waals surface area (Å²) in [7, 11) is 1.64. The summed E-state index contributed by atoms with van der Waals surface area (Å²) in [5, 5.41) is 0. The van der Waals surface area contributed by atoms with Crippen molar-refractivity contribution in [2.75, 3.05) is 38.2 Å². The molecule has 7 nitrogen and oxygen atoms in total. The molecule has 1 aliphatic rings. The monoisotopic (exact) mass is 434 g/mol. The molecule has 0 N–H and O–H groups in total. The molecule has 2 heterocycles. The minimum absolute atomic E-state index is 0.0511. The average Bonchev–Trinajstić information content (AvgIpc) is 2.84. The number of hydrogen-bond acceptors (Lipinski definition) is 5. The van der Waals surface area contributed by atoms with E-state index in [0.717, 1.165) is 28.8 Å². The number of fused-ring (bicyclic) bond motifs is 1. The van der Waals surface area contributed by atoms with E-state index in [2.05, 4.69) is 11.9 Å². The molecular formula is C25H30N4O3. The van der Waals surface area contributed by atoms with Gasteiger partial charge in [0, 0.05) is 39.1 Å². The number of amides is 1. The first kappa shape index (κ1) is 21.9. The predicted octanol–water partition coefficient (Wildman–Crippen LogP) is 3.10. The highest BCUT2D eigenvalue weighted by Gasteiger charge is 2.24. The zero-order chi connectivity index (χ0) is 22.5. The van der Waals surface area contributed by atoms with Crippen LogP contribution in [0, 0.1) is 0 Å². The van der Waals surface area contributed by atoms with E-state index in [9.17, 15) is 9.59 Å². The molecule has 1 aromatic heterocycles. The quantitative estimate of drug-likeness (QED) is 0.572. The van der Waals surface area contributed by atoms with E-state index in [1.54, 1.807) is 7.11 Å². The molecule has 32 heavy (non-hydrogen) atoms. The van der Waals surface area contributed by atoms with E-state index >= 15 is 0 Å². The molecular weight excluding hydrogens is 404 g/mol. The predicted molar refractivity (Wildman–Crippen MR) is 126 cm³/mol. The SMILES string of the molecule is CCCn1c(=O)c(N2CCN(C(=O)CCc3ccc(OC)cc3)CC2)nc2ccccc21. The number of nitrogens with zero attached hydrogens (tertiary/aromatic N) is 4. The lowest BCUT2D eigenvalue weighted by atomic mass is 10.1. The van der Waals surface area contributed by atoms with Crippen molar-refractivity contribution in [2.45, 2.75) is 32.7 Å². The van der Waals surface area contributed by atoms with Crippen LogP contribution in [0.3, 0.4) is 0 Å². The Morgan fingerprint density at radius 1 is 1.03 bits per heavy atom. The largest absolute Gasteiger partial charge is 0.497 e. The summed E-state index contributed by atoms with van der Waals surface area (Å²) in [4.78, 5) is 34.5. The summed E-state index contributed by atoms with van der Waals surface area (Å²) in [6, 6.07) is 15.6. The fraction of sp³-hybridized carbons (Fsp3) is 0.400. The molecule has 4 rings (SSSR count). The molecule has 3 aromatic rings. The number of ether oxygens (including phenoxy) is 1. The van der Waals surface area contributed by atoms with E-state index in [1.807, 2.05) is 62.9 Å². The second kappa shape index (κ2) is 9.85. The van der Waals surface area contributed by atoms with Gasteiger partial charge in [-0.05, 0) is 42.7 Å². The number of aryl methyl sites for hydroxylation is 2. The summed E-state index contributed by atoms with van der Waals surface area (Å²) in [6.45, 7) is 5.16. The standard InChI is InChI=1S/C25H30N4O3/c1-3-14-29-22-7-5-4-6-21(22)26-24(25(29)31)28-17-15-27(16-18-28)23(30)13-10-19-8-11-20(32-2)12-9-19/h4-9,11-12H,3,10,13-18H2,1-2H3. The summed E-state index contributed by atoms with van der Waals surface area (Å²) in [5.41, 5.74) is 2.77. The topological polar surface area (TPSA) is 67.7 Å². The van der Waals surface area contributed by atoms with E-state index in [-0.39, 0.29) is 11.5 Å². The van der Waals surface area contributed by atoms with E-state index < -0.39 is 0 Å². The molecule has 0 aliphatic carbocycles. The van der Waals surface area contributed by atoms with Crippen molar-refractivity contribution >= 4 is 22.8 Å². The van der Waals surface area contributed by atoms with Gasteiger partial charge < -0.3 is 19.1 Å². The molecule has 1 aliphatic heterocycles. The Bertz CT molecular complexity index is 1130. The number of carbonyl (C=O) groups excluding carboxylic acids is 1. The highest BCUT2D eigenvalue weighted by atomic mass is 16.5. The van der Waals surface area contributed by atoms with Crippen LogP contribution in [0.5, 0.6) is 5.75 Å². The lowest BCUT2D eigenvalue weighted by molar-refractivity contribution is -0.131. The van der Waals surface area contributed by atoms with Gasteiger partial charge in [0.25, 0.3) is 5.56 Å². The van der Waals surface area contributed by atoms with Crippen LogP contribution < -0.4 is 15.2 Å². The van der Waals surface area contributed by atoms with Crippen LogP contribution in [0.15, 0.2) is 53.3 Å². The maximum atomic E-state index is 13.2. The van der Waals surface area contributed by atoms with E-state index in [1.165, 1.54) is 0 Å². The summed E-state index contributed by atoms with van der Waals surface area (Å²) < 4.78 is 7.00. The fourth-order valence-electron chi connectivity index (χ4n) is 4.20. The van der Waals surface area contributed by atoms with Crippen molar-refractivity contribution in [3.63, 3.8) is 0 Å². The number of piperazine rings is 1. The second-order valence-electron chi connectivity index (χ2n) is 8.10. The van der Waals surface area contributed by atoms with Crippen molar-refractivity contribution in [3.05, 3.63) is 64.4 Å². The molecule has 1 fully saturated rings. The van der Waals surface area contributed by atoms with Crippen LogP contribution in [-0.2, 0) is 17.8 Å². The maximum absolute atomic E-state index is 13.2. The van der Waals surface area contributed by atoms with Crippen LogP contribution in [0.4, 0.5) is 5.82 Å². The van der Waals surface area contributed by atoms with Gasteiger partial charge in [-0.1, -0.05) is 31.2 Å². The van der Waals surface area contributed by atoms with Crippen LogP contribution >= 0.6 is 0 Å². The van der Waals surface area contributed by atoms with Crippen molar-refractivity contribution in [1.29, 1.82) is 0 Å². The normalized spacial score (nSPS) is 14.1. The van der Waals surface area contributed by atoms with Gasteiger partial charge in [0.1, 0.15) is 5.75 Å². The highest BCUT2D eigenvalue weighted by Crippen LogP contribution is 2.17. The smallest absolute Gasteiger partial charge is 0.294 e. The number of aromatic nitrogens is 2. The third kappa shape index (κ3) is 4.61. The van der Waals surface area contributed by atoms with Gasteiger partial charge in [0.2, 0.25) is 5.91 Å². The number of anilines is 1. The number of rotatable bonds is 7. The van der Waals surface area contributed by atoms with Gasteiger partial charge in [-0.25, -0.2) is 4.98 Å². The Kier molecular flexibility index (Phi) is 6.73. The van der Waals surface area contributed by atoms with Gasteiger partial charge in [-0.15, -0.1) is 0 Å². The van der Waals surface area contributed by atoms with Crippen molar-refractivity contribution in [1.82, 2.24) is 14.5 Å². The van der Waals surface area contributed by atoms with Crippen LogP contribution in [0.25, 0.3) is 11.0 Å². The first-order valence-electron chi connectivity index (χ1n) is 11.3. The van der Waals surface area contributed by atoms with Gasteiger partial charge in [-0.3, -0.25) is 9.59 Å². The van der Waals surface area contributed by atoms with Crippen LogP contribution in [0.1, 0.15) is 25.3 Å². The first-order valence-corrected chi connectivity index (χ1v) is 11.3. The highest BCUT2D eigenvalue weighted by molar-refractivity contribution is 5.77. The lowest BCUT2D eigenvalue weighted by Crippen LogP contribution is -2.50. The maximum Gasteiger partial charge on any atom is 0.294 e. The zero-order valence-corrected chi connectivity index (χ0v) is 18.8. The third-order valence-corrected chi connectivity index (χ3v) is 6.00. The molecule has 1 amide bonds. The Morgan fingerprint density at radius 2 is 1.75 bits per heavy atom. The lowest BCUT2D eigenvalue weighted by Gasteiger charge is -2.35. The van der Waals surface area contributed by atoms with E-state index in [0.29, 0.717) is 51.4 Å². The molecule has 0 unspecified atom stereocenters. The Balaban J connectivity index is 1.41. The summed E-state index contributed by atoms with van der Waals surface area (Å²) in [5.74, 6) is 1.45. The zero-order valence-electron chi connectivity index (χ0n) is 18.8. The van der Waals surface area contributed by atoms with Crippen LogP contribution in [0.2, 0.25) is 0 Å². The number of carbonyl (C=O) groups is 1. The fourth-order valence-corrected chi connectivity index (χ4v) is 4.20. The molecule has 168 valence electrons. The number of benzene rings is 2. The molecule has 1 saturated heterocycles. The second-order valence-corrected chi connectivity index (χ2v) is 8.10. The van der Waals surface area contributed by atoms with Gasteiger partial charge in [-0.2, -0.15) is 0 Å².